The fraction of sp³-hybridized carbons (Fsp3) is 0.476. The van der Waals surface area contributed by atoms with E-state index in [4.69, 9.17) is 4.74 Å². The highest BCUT2D eigenvalue weighted by Crippen LogP contribution is 2.48. The molecule has 1 heterocycles. The van der Waals surface area contributed by atoms with Gasteiger partial charge in [-0.25, -0.2) is 0 Å². The maximum absolute atomic E-state index is 13.1. The van der Waals surface area contributed by atoms with Gasteiger partial charge in [-0.3, -0.25) is 24.7 Å². The highest BCUT2D eigenvalue weighted by Gasteiger charge is 2.46. The Morgan fingerprint density at radius 2 is 2.03 bits per heavy atom. The number of Topliss-reactive ketones (excluding diaryl/α,β-unsaturated/α-hetero) is 1. The third kappa shape index (κ3) is 3.79. The van der Waals surface area contributed by atoms with Gasteiger partial charge in [0.05, 0.1) is 11.5 Å². The molecule has 0 N–H and O–H groups in total. The third-order valence-electron chi connectivity index (χ3n) is 5.38. The lowest BCUT2D eigenvalue weighted by molar-refractivity contribution is -0.398. The van der Waals surface area contributed by atoms with Crippen LogP contribution in [-0.4, -0.2) is 29.0 Å². The van der Waals surface area contributed by atoms with Crippen LogP contribution in [-0.2, 0) is 14.3 Å². The monoisotopic (exact) mass is 399 g/mol. The van der Waals surface area contributed by atoms with Crippen LogP contribution in [0.4, 0.5) is 5.69 Å². The summed E-state index contributed by atoms with van der Waals surface area (Å²) in [5, 5.41) is 23.3. The Bertz CT molecular complexity index is 960. The zero-order valence-electron chi connectivity index (χ0n) is 16.9. The van der Waals surface area contributed by atoms with Crippen LogP contribution in [0.2, 0.25) is 0 Å². The van der Waals surface area contributed by atoms with Crippen molar-refractivity contribution in [3.8, 4) is 5.75 Å². The molecule has 8 nitrogen and oxygen atoms in total. The number of nitrogens with zero attached hydrogens (tertiary/aromatic N) is 2. The average Bonchev–Trinajstić information content (AvgIpc) is 2.59. The van der Waals surface area contributed by atoms with Crippen LogP contribution in [0.1, 0.15) is 52.0 Å². The first-order valence-corrected chi connectivity index (χ1v) is 9.49. The quantitative estimate of drug-likeness (QED) is 0.436. The number of esters is 1. The van der Waals surface area contributed by atoms with E-state index in [0.717, 1.165) is 12.1 Å². The van der Waals surface area contributed by atoms with Crippen LogP contribution in [0.5, 0.6) is 5.75 Å². The summed E-state index contributed by atoms with van der Waals surface area (Å²) in [6.45, 7) is 7.51. The first-order valence-electron chi connectivity index (χ1n) is 9.49. The van der Waals surface area contributed by atoms with E-state index in [0.29, 0.717) is 35.4 Å². The van der Waals surface area contributed by atoms with Crippen molar-refractivity contribution in [1.82, 2.24) is 0 Å². The van der Waals surface area contributed by atoms with Crippen molar-refractivity contribution in [3.63, 3.8) is 0 Å². The van der Waals surface area contributed by atoms with E-state index in [1.165, 1.54) is 6.07 Å². The minimum atomic E-state index is -0.861. The lowest BCUT2D eigenvalue weighted by Gasteiger charge is -2.39. The molecule has 0 fully saturated rings. The van der Waals surface area contributed by atoms with Crippen LogP contribution in [0.3, 0.4) is 0 Å². The molecule has 0 saturated carbocycles. The number of hydrogen-bond acceptors (Lipinski definition) is 7. The van der Waals surface area contributed by atoms with E-state index < -0.39 is 34.2 Å². The predicted octanol–water partition coefficient (Wildman–Crippen LogP) is 3.05. The van der Waals surface area contributed by atoms with E-state index >= 15 is 0 Å². The largest absolute Gasteiger partial charge is 0.868 e. The second-order valence-corrected chi connectivity index (χ2v) is 8.25. The Labute approximate surface area is 168 Å². The van der Waals surface area contributed by atoms with Gasteiger partial charge in [-0.2, -0.15) is 0 Å². The number of rotatable bonds is 4. The lowest BCUT2D eigenvalue weighted by atomic mass is 9.67. The molecule has 0 radical (unpaired) electrons. The van der Waals surface area contributed by atoms with Crippen LogP contribution < -0.4 is 5.11 Å². The topological polar surface area (TPSA) is 122 Å². The summed E-state index contributed by atoms with van der Waals surface area (Å²) >= 11 is 0. The van der Waals surface area contributed by atoms with Crippen LogP contribution in [0, 0.1) is 21.4 Å². The molecular weight excluding hydrogens is 376 g/mol. The molecule has 1 aromatic rings. The van der Waals surface area contributed by atoms with Crippen LogP contribution >= 0.6 is 0 Å². The average molecular weight is 399 g/mol. The molecule has 2 atom stereocenters. The van der Waals surface area contributed by atoms with E-state index in [1.54, 1.807) is 13.8 Å². The number of ketones is 1. The minimum Gasteiger partial charge on any atom is -0.868 e. The van der Waals surface area contributed by atoms with Crippen molar-refractivity contribution in [1.29, 1.82) is 0 Å². The van der Waals surface area contributed by atoms with Gasteiger partial charge in [-0.15, -0.1) is 0 Å². The number of carbonyl (C=O) groups excluding carboxylic acids is 2. The fourth-order valence-corrected chi connectivity index (χ4v) is 4.22. The van der Waals surface area contributed by atoms with Gasteiger partial charge in [0.15, 0.2) is 5.78 Å². The molecule has 0 amide bonds. The number of aliphatic imine (C=N–C) groups is 1. The number of nitro groups is 1. The van der Waals surface area contributed by atoms with Gasteiger partial charge in [-0.1, -0.05) is 26.0 Å². The molecule has 154 valence electrons. The molecule has 0 aromatic heterocycles. The first-order chi connectivity index (χ1) is 13.6. The molecule has 1 aliphatic carbocycles. The maximum Gasteiger partial charge on any atom is 0.315 e. The number of hydrogen-bond donors (Lipinski definition) is 0. The Hall–Kier alpha value is -3.03. The molecule has 0 bridgehead atoms. The SMILES string of the molecule is CCOC(=O)C1C(C)=NC2=C(C(=O)CC(C)(C)C2)[C@H]1c1ccc([N+](=O)[O-])c([O-])c1. The normalized spacial score (nSPS) is 23.3. The number of ether oxygens (including phenoxy) is 1. The highest BCUT2D eigenvalue weighted by atomic mass is 16.6. The summed E-state index contributed by atoms with van der Waals surface area (Å²) in [6.07, 6.45) is 0.859. The van der Waals surface area contributed by atoms with Gasteiger partial charge in [0.2, 0.25) is 0 Å². The van der Waals surface area contributed by atoms with Crippen molar-refractivity contribution in [2.24, 2.45) is 16.3 Å². The van der Waals surface area contributed by atoms with Crippen molar-refractivity contribution >= 4 is 23.2 Å². The predicted molar refractivity (Wildman–Crippen MR) is 104 cm³/mol. The van der Waals surface area contributed by atoms with E-state index in [1.807, 2.05) is 13.8 Å². The Morgan fingerprint density at radius 1 is 1.34 bits per heavy atom. The second-order valence-electron chi connectivity index (χ2n) is 8.25. The Balaban J connectivity index is 2.19. The number of carbonyl (C=O) groups is 2. The summed E-state index contributed by atoms with van der Waals surface area (Å²) in [6, 6.07) is 3.70. The molecule has 2 aliphatic rings. The molecule has 8 heteroatoms. The van der Waals surface area contributed by atoms with E-state index in [-0.39, 0.29) is 17.8 Å². The number of allylic oxidation sites excluding steroid dienone is 2. The fourth-order valence-electron chi connectivity index (χ4n) is 4.22. The minimum absolute atomic E-state index is 0.127. The zero-order valence-corrected chi connectivity index (χ0v) is 16.9. The van der Waals surface area contributed by atoms with Gasteiger partial charge in [0.1, 0.15) is 5.92 Å². The van der Waals surface area contributed by atoms with Crippen LogP contribution in [0.15, 0.2) is 34.5 Å². The van der Waals surface area contributed by atoms with Gasteiger partial charge in [0.25, 0.3) is 5.69 Å². The van der Waals surface area contributed by atoms with Crippen molar-refractivity contribution < 1.29 is 24.4 Å². The number of nitro benzene ring substituents is 1. The second kappa shape index (κ2) is 7.42. The summed E-state index contributed by atoms with van der Waals surface area (Å²) < 4.78 is 5.21. The summed E-state index contributed by atoms with van der Waals surface area (Å²) in [4.78, 5) is 40.6. The summed E-state index contributed by atoms with van der Waals surface area (Å²) in [7, 11) is 0. The van der Waals surface area contributed by atoms with Crippen molar-refractivity contribution in [2.75, 3.05) is 6.61 Å². The van der Waals surface area contributed by atoms with Crippen molar-refractivity contribution in [2.45, 2.75) is 46.5 Å². The first kappa shape index (κ1) is 20.7. The Kier molecular flexibility index (Phi) is 5.30. The molecule has 29 heavy (non-hydrogen) atoms. The van der Waals surface area contributed by atoms with Gasteiger partial charge >= 0.3 is 5.97 Å². The van der Waals surface area contributed by atoms with E-state index in [2.05, 4.69) is 4.99 Å². The number of benzene rings is 1. The Morgan fingerprint density at radius 3 is 2.62 bits per heavy atom. The summed E-state index contributed by atoms with van der Waals surface area (Å²) in [5.74, 6) is -3.04. The smallest absolute Gasteiger partial charge is 0.315 e. The maximum atomic E-state index is 13.1. The molecular formula is C21H23N2O6-. The zero-order chi connectivity index (χ0) is 21.5. The van der Waals surface area contributed by atoms with Gasteiger partial charge < -0.3 is 9.84 Å². The van der Waals surface area contributed by atoms with Crippen molar-refractivity contribution in [3.05, 3.63) is 45.1 Å². The molecule has 1 aromatic carbocycles. The van der Waals surface area contributed by atoms with Gasteiger partial charge in [-0.05, 0) is 37.0 Å². The standard InChI is InChI=1S/C21H24N2O6/c1-5-29-20(26)17-11(2)22-13-9-21(3,4)10-16(25)19(13)18(17)12-6-7-14(23(27)28)15(24)8-12/h6-8,17-18,24H,5,9-10H2,1-4H3/p-1/t17?,18-/m0/s1. The summed E-state index contributed by atoms with van der Waals surface area (Å²) in [5.41, 5.74) is 1.09. The third-order valence-corrected chi connectivity index (χ3v) is 5.38. The lowest BCUT2D eigenvalue weighted by Crippen LogP contribution is -2.39. The molecule has 1 unspecified atom stereocenters. The van der Waals surface area contributed by atoms with E-state index in [9.17, 15) is 24.8 Å². The molecule has 1 aliphatic heterocycles. The van der Waals surface area contributed by atoms with Gasteiger partial charge in [0, 0.05) is 35.4 Å². The van der Waals surface area contributed by atoms with Crippen LogP contribution in [0.25, 0.3) is 0 Å². The molecule has 0 saturated heterocycles. The highest BCUT2D eigenvalue weighted by molar-refractivity contribution is 6.09. The molecule has 3 rings (SSSR count). The molecule has 0 spiro atoms.